The summed E-state index contributed by atoms with van der Waals surface area (Å²) >= 11 is 0. The summed E-state index contributed by atoms with van der Waals surface area (Å²) in [5, 5.41) is 8.00. The maximum Gasteiger partial charge on any atom is 0.321 e. The molecule has 0 radical (unpaired) electrons. The van der Waals surface area contributed by atoms with Crippen LogP contribution in [0, 0.1) is 0 Å². The number of carbonyl (C=O) groups excluding carboxylic acids is 2. The topological polar surface area (TPSA) is 73.5 Å². The lowest BCUT2D eigenvalue weighted by molar-refractivity contribution is -0.120. The number of hydrogen-bond acceptors (Lipinski definition) is 4. The van der Waals surface area contributed by atoms with Gasteiger partial charge in [-0.15, -0.1) is 0 Å². The number of nitrogens with zero attached hydrogens (tertiary/aromatic N) is 1. The summed E-state index contributed by atoms with van der Waals surface area (Å²) in [4.78, 5) is 24.6. The highest BCUT2D eigenvalue weighted by Crippen LogP contribution is 2.06. The van der Waals surface area contributed by atoms with E-state index in [1.165, 1.54) is 7.05 Å². The summed E-state index contributed by atoms with van der Waals surface area (Å²) in [6.45, 7) is 6.84. The number of amides is 3. The SMILES string of the molecule is CNC(=O)NC(=O)CCN1CC(C)NCC1C. The van der Waals surface area contributed by atoms with Gasteiger partial charge in [-0.1, -0.05) is 0 Å². The first-order valence-corrected chi connectivity index (χ1v) is 6.02. The molecule has 1 rings (SSSR count). The second kappa shape index (κ2) is 6.56. The lowest BCUT2D eigenvalue weighted by Gasteiger charge is -2.37. The number of rotatable bonds is 3. The number of imide groups is 1. The Bertz CT molecular complexity index is 283. The number of nitrogens with one attached hydrogen (secondary N) is 3. The normalized spacial score (nSPS) is 25.4. The molecule has 1 aliphatic rings. The fraction of sp³-hybridized carbons (Fsp3) is 0.818. The highest BCUT2D eigenvalue weighted by atomic mass is 16.2. The molecule has 0 aromatic rings. The molecule has 6 heteroatoms. The number of urea groups is 1. The van der Waals surface area contributed by atoms with Gasteiger partial charge in [-0.05, 0) is 13.8 Å². The molecule has 3 amide bonds. The van der Waals surface area contributed by atoms with Gasteiger partial charge >= 0.3 is 6.03 Å². The van der Waals surface area contributed by atoms with E-state index in [2.05, 4.69) is 34.7 Å². The van der Waals surface area contributed by atoms with Crippen molar-refractivity contribution in [2.24, 2.45) is 0 Å². The van der Waals surface area contributed by atoms with Crippen molar-refractivity contribution in [3.63, 3.8) is 0 Å². The molecular weight excluding hydrogens is 220 g/mol. The summed E-state index contributed by atoms with van der Waals surface area (Å²) in [5.74, 6) is -0.234. The third kappa shape index (κ3) is 4.70. The Morgan fingerprint density at radius 1 is 1.41 bits per heavy atom. The predicted octanol–water partition coefficient (Wildman–Crippen LogP) is -0.486. The van der Waals surface area contributed by atoms with E-state index in [4.69, 9.17) is 0 Å². The van der Waals surface area contributed by atoms with Crippen LogP contribution in [-0.2, 0) is 4.79 Å². The van der Waals surface area contributed by atoms with Crippen molar-refractivity contribution in [1.29, 1.82) is 0 Å². The molecule has 17 heavy (non-hydrogen) atoms. The van der Waals surface area contributed by atoms with E-state index < -0.39 is 6.03 Å². The van der Waals surface area contributed by atoms with Gasteiger partial charge in [0, 0.05) is 45.2 Å². The van der Waals surface area contributed by atoms with Gasteiger partial charge in [-0.2, -0.15) is 0 Å². The molecule has 1 saturated heterocycles. The van der Waals surface area contributed by atoms with Crippen molar-refractivity contribution in [2.75, 3.05) is 26.7 Å². The first-order valence-electron chi connectivity index (χ1n) is 6.02. The third-order valence-corrected chi connectivity index (χ3v) is 3.00. The van der Waals surface area contributed by atoms with Gasteiger partial charge in [0.1, 0.15) is 0 Å². The molecule has 0 aliphatic carbocycles. The average Bonchev–Trinajstić information content (AvgIpc) is 2.30. The zero-order chi connectivity index (χ0) is 12.8. The van der Waals surface area contributed by atoms with Crippen molar-refractivity contribution in [3.05, 3.63) is 0 Å². The first kappa shape index (κ1) is 13.9. The molecule has 1 aliphatic heterocycles. The minimum atomic E-state index is -0.447. The van der Waals surface area contributed by atoms with Gasteiger partial charge in [0.05, 0.1) is 0 Å². The largest absolute Gasteiger partial charge is 0.341 e. The lowest BCUT2D eigenvalue weighted by Crippen LogP contribution is -2.54. The second-order valence-electron chi connectivity index (χ2n) is 4.53. The minimum absolute atomic E-state index is 0.234. The van der Waals surface area contributed by atoms with Crippen molar-refractivity contribution in [1.82, 2.24) is 20.9 Å². The van der Waals surface area contributed by atoms with Crippen molar-refractivity contribution in [2.45, 2.75) is 32.4 Å². The Hall–Kier alpha value is -1.14. The molecule has 0 spiro atoms. The predicted molar refractivity (Wildman–Crippen MR) is 65.7 cm³/mol. The Balaban J connectivity index is 2.29. The molecule has 0 bridgehead atoms. The molecule has 0 aromatic carbocycles. The van der Waals surface area contributed by atoms with Gasteiger partial charge in [0.25, 0.3) is 0 Å². The first-order chi connectivity index (χ1) is 8.02. The molecule has 2 atom stereocenters. The van der Waals surface area contributed by atoms with Gasteiger partial charge in [0.15, 0.2) is 0 Å². The van der Waals surface area contributed by atoms with Crippen LogP contribution >= 0.6 is 0 Å². The highest BCUT2D eigenvalue weighted by molar-refractivity contribution is 5.94. The van der Waals surface area contributed by atoms with Crippen molar-refractivity contribution < 1.29 is 9.59 Å². The van der Waals surface area contributed by atoms with Crippen LogP contribution in [0.15, 0.2) is 0 Å². The lowest BCUT2D eigenvalue weighted by atomic mass is 10.1. The maximum absolute atomic E-state index is 11.4. The molecule has 0 saturated carbocycles. The van der Waals surface area contributed by atoms with Crippen LogP contribution in [0.5, 0.6) is 0 Å². The Morgan fingerprint density at radius 3 is 2.76 bits per heavy atom. The van der Waals surface area contributed by atoms with Crippen LogP contribution in [0.2, 0.25) is 0 Å². The van der Waals surface area contributed by atoms with Crippen LogP contribution in [0.1, 0.15) is 20.3 Å². The van der Waals surface area contributed by atoms with E-state index in [9.17, 15) is 9.59 Å². The highest BCUT2D eigenvalue weighted by Gasteiger charge is 2.22. The summed E-state index contributed by atoms with van der Waals surface area (Å²) in [7, 11) is 1.49. The van der Waals surface area contributed by atoms with E-state index in [0.29, 0.717) is 25.0 Å². The summed E-state index contributed by atoms with van der Waals surface area (Å²) < 4.78 is 0. The molecule has 2 unspecified atom stereocenters. The van der Waals surface area contributed by atoms with Crippen molar-refractivity contribution in [3.8, 4) is 0 Å². The zero-order valence-electron chi connectivity index (χ0n) is 10.7. The molecule has 6 nitrogen and oxygen atoms in total. The number of carbonyl (C=O) groups is 2. The van der Waals surface area contributed by atoms with Crippen LogP contribution in [0.4, 0.5) is 4.79 Å². The fourth-order valence-corrected chi connectivity index (χ4v) is 1.91. The number of piperazine rings is 1. The molecule has 1 heterocycles. The average molecular weight is 242 g/mol. The summed E-state index contributed by atoms with van der Waals surface area (Å²) in [6.07, 6.45) is 0.352. The summed E-state index contributed by atoms with van der Waals surface area (Å²) in [5.41, 5.74) is 0. The Labute approximate surface area is 102 Å². The van der Waals surface area contributed by atoms with E-state index in [-0.39, 0.29) is 5.91 Å². The fourth-order valence-electron chi connectivity index (χ4n) is 1.91. The molecule has 0 aromatic heterocycles. The zero-order valence-corrected chi connectivity index (χ0v) is 10.7. The standard InChI is InChI=1S/C11H22N4O2/c1-8-7-15(9(2)6-13-8)5-4-10(16)14-11(17)12-3/h8-9,13H,4-7H2,1-3H3,(H2,12,14,16,17). The molecule has 3 N–H and O–H groups in total. The van der Waals surface area contributed by atoms with Crippen LogP contribution in [0.25, 0.3) is 0 Å². The van der Waals surface area contributed by atoms with E-state index in [1.54, 1.807) is 0 Å². The van der Waals surface area contributed by atoms with Gasteiger partial charge in [-0.3, -0.25) is 15.0 Å². The van der Waals surface area contributed by atoms with E-state index in [0.717, 1.165) is 13.1 Å². The molecular formula is C11H22N4O2. The van der Waals surface area contributed by atoms with Crippen LogP contribution in [-0.4, -0.2) is 55.6 Å². The summed E-state index contributed by atoms with van der Waals surface area (Å²) in [6, 6.07) is 0.434. The second-order valence-corrected chi connectivity index (χ2v) is 4.53. The Morgan fingerprint density at radius 2 is 2.12 bits per heavy atom. The Kier molecular flexibility index (Phi) is 5.37. The minimum Gasteiger partial charge on any atom is -0.341 e. The van der Waals surface area contributed by atoms with E-state index in [1.807, 2.05) is 0 Å². The van der Waals surface area contributed by atoms with Crippen LogP contribution in [0.3, 0.4) is 0 Å². The number of hydrogen-bond donors (Lipinski definition) is 3. The molecule has 1 fully saturated rings. The third-order valence-electron chi connectivity index (χ3n) is 3.00. The smallest absolute Gasteiger partial charge is 0.321 e. The quantitative estimate of drug-likeness (QED) is 0.624. The van der Waals surface area contributed by atoms with Gasteiger partial charge in [0.2, 0.25) is 5.91 Å². The monoisotopic (exact) mass is 242 g/mol. The van der Waals surface area contributed by atoms with Crippen LogP contribution < -0.4 is 16.0 Å². The van der Waals surface area contributed by atoms with Gasteiger partial charge in [-0.25, -0.2) is 4.79 Å². The molecule has 98 valence electrons. The van der Waals surface area contributed by atoms with Crippen molar-refractivity contribution >= 4 is 11.9 Å². The van der Waals surface area contributed by atoms with Gasteiger partial charge < -0.3 is 10.6 Å². The maximum atomic E-state index is 11.4. The van der Waals surface area contributed by atoms with E-state index >= 15 is 0 Å².